The van der Waals surface area contributed by atoms with Crippen LogP contribution in [0.4, 0.5) is 0 Å². The molecule has 1 unspecified atom stereocenters. The lowest BCUT2D eigenvalue weighted by atomic mass is 9.83. The number of rotatable bonds is 7. The van der Waals surface area contributed by atoms with Gasteiger partial charge in [0.05, 0.1) is 49.5 Å². The number of fused-ring (bicyclic) bond motifs is 1. The number of ether oxygens (including phenoxy) is 4. The summed E-state index contributed by atoms with van der Waals surface area (Å²) >= 11 is 1.08. The van der Waals surface area contributed by atoms with Crippen molar-refractivity contribution in [2.45, 2.75) is 12.8 Å². The minimum absolute atomic E-state index is 0.0316. The van der Waals surface area contributed by atoms with E-state index in [1.54, 1.807) is 62.6 Å². The van der Waals surface area contributed by atoms with Crippen molar-refractivity contribution >= 4 is 40.7 Å². The lowest BCUT2D eigenvalue weighted by molar-refractivity contribution is -0.138. The summed E-state index contributed by atoms with van der Waals surface area (Å²) in [5.74, 6) is -1.37. The number of benzene rings is 2. The SMILES string of the molecule is CCOC(=O)C1=C(N)n2c(s/c(=C/c3cccc(OC)c3)c2=O)=C(C(=O)OC)C1c1cccc(OC)c1. The average molecular weight is 523 g/mol. The molecule has 2 heterocycles. The Kier molecular flexibility index (Phi) is 7.49. The highest BCUT2D eigenvalue weighted by Gasteiger charge is 2.39. The number of carbonyl (C=O) groups is 2. The molecule has 0 amide bonds. The zero-order chi connectivity index (χ0) is 26.7. The molecule has 1 aromatic heterocycles. The minimum atomic E-state index is -0.954. The average Bonchev–Trinajstić information content (AvgIpc) is 3.23. The molecule has 0 spiro atoms. The van der Waals surface area contributed by atoms with Gasteiger partial charge in [0, 0.05) is 0 Å². The molecule has 0 aliphatic carbocycles. The van der Waals surface area contributed by atoms with Crippen LogP contribution in [-0.2, 0) is 19.1 Å². The van der Waals surface area contributed by atoms with Gasteiger partial charge in [-0.25, -0.2) is 9.59 Å². The standard InChI is InChI=1S/C27H26N2O7S/c1-5-36-27(32)21-20(16-9-7-11-18(14-16)34-3)22(26(31)35-4)25-29(23(21)28)24(30)19(37-25)13-15-8-6-10-17(12-15)33-2/h6-14,20H,5,28H2,1-4H3/b19-13+. The summed E-state index contributed by atoms with van der Waals surface area (Å²) in [5, 5.41) is 0. The lowest BCUT2D eigenvalue weighted by Crippen LogP contribution is -2.41. The smallest absolute Gasteiger partial charge is 0.338 e. The number of aromatic nitrogens is 1. The Balaban J connectivity index is 2.10. The van der Waals surface area contributed by atoms with Crippen molar-refractivity contribution < 1.29 is 28.5 Å². The molecule has 10 heteroatoms. The first kappa shape index (κ1) is 25.8. The fraction of sp³-hybridized carbons (Fsp3) is 0.222. The molecular weight excluding hydrogens is 496 g/mol. The Morgan fingerprint density at radius 3 is 2.32 bits per heavy atom. The second kappa shape index (κ2) is 10.8. The highest BCUT2D eigenvalue weighted by atomic mass is 32.1. The van der Waals surface area contributed by atoms with Gasteiger partial charge < -0.3 is 24.7 Å². The number of thiazole rings is 1. The summed E-state index contributed by atoms with van der Waals surface area (Å²) < 4.78 is 22.8. The zero-order valence-corrected chi connectivity index (χ0v) is 21.6. The van der Waals surface area contributed by atoms with Crippen LogP contribution in [0.5, 0.6) is 11.5 Å². The molecule has 0 bridgehead atoms. The van der Waals surface area contributed by atoms with Gasteiger partial charge in [0.1, 0.15) is 22.0 Å². The van der Waals surface area contributed by atoms with Crippen molar-refractivity contribution in [3.05, 3.63) is 84.8 Å². The number of carbonyl (C=O) groups excluding carboxylic acids is 2. The molecule has 1 aliphatic rings. The fourth-order valence-corrected chi connectivity index (χ4v) is 5.37. The van der Waals surface area contributed by atoms with Crippen LogP contribution in [0.3, 0.4) is 0 Å². The van der Waals surface area contributed by atoms with E-state index in [1.165, 1.54) is 18.8 Å². The third-order valence-corrected chi connectivity index (χ3v) is 6.98. The summed E-state index contributed by atoms with van der Waals surface area (Å²) in [7, 11) is 4.30. The van der Waals surface area contributed by atoms with Crippen LogP contribution in [0.2, 0.25) is 0 Å². The minimum Gasteiger partial charge on any atom is -0.497 e. The van der Waals surface area contributed by atoms with Gasteiger partial charge in [-0.15, -0.1) is 11.3 Å². The topological polar surface area (TPSA) is 119 Å². The van der Waals surface area contributed by atoms with Crippen molar-refractivity contribution in [2.24, 2.45) is 5.73 Å². The molecule has 9 nitrogen and oxygen atoms in total. The first-order valence-electron chi connectivity index (χ1n) is 11.4. The summed E-state index contributed by atoms with van der Waals surface area (Å²) in [6, 6.07) is 14.1. The molecule has 2 aromatic carbocycles. The normalized spacial score (nSPS) is 15.3. The zero-order valence-electron chi connectivity index (χ0n) is 20.8. The van der Waals surface area contributed by atoms with Crippen LogP contribution in [0.15, 0.2) is 58.9 Å². The maximum absolute atomic E-state index is 13.6. The third kappa shape index (κ3) is 4.75. The molecule has 3 aromatic rings. The molecule has 1 atom stereocenters. The van der Waals surface area contributed by atoms with E-state index in [9.17, 15) is 14.4 Å². The first-order valence-corrected chi connectivity index (χ1v) is 12.2. The molecule has 37 heavy (non-hydrogen) atoms. The van der Waals surface area contributed by atoms with E-state index in [0.29, 0.717) is 27.2 Å². The van der Waals surface area contributed by atoms with Gasteiger partial charge in [0.25, 0.3) is 5.56 Å². The number of esters is 2. The van der Waals surface area contributed by atoms with Gasteiger partial charge in [0.15, 0.2) is 0 Å². The molecular formula is C27H26N2O7S. The molecule has 2 N–H and O–H groups in total. The van der Waals surface area contributed by atoms with Crippen LogP contribution in [0.1, 0.15) is 24.0 Å². The molecule has 0 fully saturated rings. The number of nitrogens with zero attached hydrogens (tertiary/aromatic N) is 1. The second-order valence-corrected chi connectivity index (χ2v) is 9.00. The molecule has 0 radical (unpaired) electrons. The number of hydrogen-bond donors (Lipinski definition) is 1. The lowest BCUT2D eigenvalue weighted by Gasteiger charge is -2.27. The van der Waals surface area contributed by atoms with Crippen LogP contribution >= 0.6 is 11.3 Å². The van der Waals surface area contributed by atoms with E-state index < -0.39 is 23.4 Å². The van der Waals surface area contributed by atoms with E-state index in [4.69, 9.17) is 24.7 Å². The Bertz CT molecular complexity index is 1580. The van der Waals surface area contributed by atoms with Crippen LogP contribution in [0.25, 0.3) is 17.5 Å². The molecule has 0 saturated heterocycles. The highest BCUT2D eigenvalue weighted by molar-refractivity contribution is 7.07. The number of methoxy groups -OCH3 is 3. The molecule has 4 rings (SSSR count). The molecule has 0 saturated carbocycles. The number of hydrogen-bond acceptors (Lipinski definition) is 9. The van der Waals surface area contributed by atoms with Gasteiger partial charge in [0.2, 0.25) is 0 Å². The van der Waals surface area contributed by atoms with E-state index >= 15 is 0 Å². The molecule has 1 aliphatic heterocycles. The Hall–Kier alpha value is -4.31. The van der Waals surface area contributed by atoms with Gasteiger partial charge in [-0.05, 0) is 48.4 Å². The summed E-state index contributed by atoms with van der Waals surface area (Å²) in [4.78, 5) is 40.0. The van der Waals surface area contributed by atoms with Crippen LogP contribution in [0, 0.1) is 0 Å². The van der Waals surface area contributed by atoms with Gasteiger partial charge in [-0.2, -0.15) is 0 Å². The van der Waals surface area contributed by atoms with E-state index in [1.807, 2.05) is 6.07 Å². The van der Waals surface area contributed by atoms with Gasteiger partial charge >= 0.3 is 11.9 Å². The quantitative estimate of drug-likeness (QED) is 0.465. The fourth-order valence-electron chi connectivity index (χ4n) is 4.20. The predicted molar refractivity (Wildman–Crippen MR) is 140 cm³/mol. The predicted octanol–water partition coefficient (Wildman–Crippen LogP) is 1.57. The Morgan fingerprint density at radius 1 is 1.00 bits per heavy atom. The monoisotopic (exact) mass is 522 g/mol. The first-order chi connectivity index (χ1) is 17.8. The van der Waals surface area contributed by atoms with Crippen molar-refractivity contribution in [1.29, 1.82) is 0 Å². The Morgan fingerprint density at radius 2 is 1.68 bits per heavy atom. The summed E-state index contributed by atoms with van der Waals surface area (Å²) in [5.41, 5.74) is 7.35. The largest absolute Gasteiger partial charge is 0.497 e. The van der Waals surface area contributed by atoms with Crippen molar-refractivity contribution in [2.75, 3.05) is 27.9 Å². The summed E-state index contributed by atoms with van der Waals surface area (Å²) in [6.07, 6.45) is 1.67. The van der Waals surface area contributed by atoms with Crippen molar-refractivity contribution in [1.82, 2.24) is 4.57 Å². The van der Waals surface area contributed by atoms with Crippen LogP contribution < -0.4 is 30.0 Å². The van der Waals surface area contributed by atoms with Crippen molar-refractivity contribution in [3.8, 4) is 11.5 Å². The van der Waals surface area contributed by atoms with E-state index in [-0.39, 0.29) is 28.2 Å². The Labute approximate surface area is 216 Å². The maximum Gasteiger partial charge on any atom is 0.338 e. The van der Waals surface area contributed by atoms with Gasteiger partial charge in [-0.1, -0.05) is 24.3 Å². The van der Waals surface area contributed by atoms with E-state index in [2.05, 4.69) is 0 Å². The summed E-state index contributed by atoms with van der Waals surface area (Å²) in [6.45, 7) is 1.74. The number of nitrogens with two attached hydrogens (primary N) is 1. The maximum atomic E-state index is 13.6. The highest BCUT2D eigenvalue weighted by Crippen LogP contribution is 2.38. The van der Waals surface area contributed by atoms with Crippen LogP contribution in [-0.4, -0.2) is 44.4 Å². The van der Waals surface area contributed by atoms with E-state index in [0.717, 1.165) is 11.3 Å². The second-order valence-electron chi connectivity index (χ2n) is 7.97. The van der Waals surface area contributed by atoms with Crippen molar-refractivity contribution in [3.63, 3.8) is 0 Å². The third-order valence-electron chi connectivity index (χ3n) is 5.87. The molecule has 192 valence electrons. The van der Waals surface area contributed by atoms with Gasteiger partial charge in [-0.3, -0.25) is 9.36 Å².